The zero-order chi connectivity index (χ0) is 28.9. The topological polar surface area (TPSA) is 65.0 Å². The van der Waals surface area contributed by atoms with Crippen molar-refractivity contribution in [2.45, 2.75) is 0 Å². The Balaban J connectivity index is 1.91. The predicted octanol–water partition coefficient (Wildman–Crippen LogP) is 7.93. The highest BCUT2D eigenvalue weighted by Gasteiger charge is 2.39. The third-order valence-corrected chi connectivity index (χ3v) is 6.53. The molecule has 0 amide bonds. The van der Waals surface area contributed by atoms with Gasteiger partial charge in [-0.05, 0) is 51.1 Å². The Morgan fingerprint density at radius 2 is 1.18 bits per heavy atom. The third kappa shape index (κ3) is 3.22. The molecule has 6 nitrogen and oxygen atoms in total. The molecular formula is C30H6F4N6. The van der Waals surface area contributed by atoms with Gasteiger partial charge in [-0.1, -0.05) is 24.3 Å². The Kier molecular flexibility index (Phi) is 5.75. The fraction of sp³-hybridized carbons (Fsp3) is 0. The molecule has 0 fully saturated rings. The summed E-state index contributed by atoms with van der Waals surface area (Å²) >= 11 is 0. The largest absolute Gasteiger partial charge is 0.270 e. The summed E-state index contributed by atoms with van der Waals surface area (Å²) in [4.78, 5) is 13.0. The lowest BCUT2D eigenvalue weighted by Crippen LogP contribution is -2.04. The van der Waals surface area contributed by atoms with Gasteiger partial charge in [0.25, 0.3) is 11.4 Å². The number of nitrogens with zero attached hydrogens (tertiary/aromatic N) is 6. The van der Waals surface area contributed by atoms with Crippen LogP contribution >= 0.6 is 0 Å². The first-order valence-corrected chi connectivity index (χ1v) is 11.0. The van der Waals surface area contributed by atoms with Crippen LogP contribution in [0.2, 0.25) is 0 Å². The van der Waals surface area contributed by atoms with Crippen LogP contribution in [-0.4, -0.2) is 0 Å². The van der Waals surface area contributed by atoms with Crippen LogP contribution in [0.15, 0.2) is 47.8 Å². The molecule has 0 spiro atoms. The number of rotatable bonds is 1. The minimum atomic E-state index is -2.16. The Morgan fingerprint density at radius 3 is 1.73 bits per heavy atom. The lowest BCUT2D eigenvalue weighted by Gasteiger charge is -2.13. The molecule has 5 rings (SSSR count). The summed E-state index contributed by atoms with van der Waals surface area (Å²) in [6, 6.07) is 12.4. The molecule has 2 aliphatic rings. The molecule has 0 N–H and O–H groups in total. The number of hydrogen-bond donors (Lipinski definition) is 0. The third-order valence-electron chi connectivity index (χ3n) is 6.53. The summed E-state index contributed by atoms with van der Waals surface area (Å²) < 4.78 is 58.7. The highest BCUT2D eigenvalue weighted by molar-refractivity contribution is 6.24. The Morgan fingerprint density at radius 1 is 0.625 bits per heavy atom. The van der Waals surface area contributed by atoms with E-state index in [1.54, 1.807) is 24.3 Å². The lowest BCUT2D eigenvalue weighted by atomic mass is 9.91. The van der Waals surface area contributed by atoms with Gasteiger partial charge in [-0.25, -0.2) is 47.5 Å². The number of allylic oxidation sites excluding steroid dienone is 4. The molecule has 0 radical (unpaired) electrons. The quantitative estimate of drug-likeness (QED) is 0.0831. The van der Waals surface area contributed by atoms with Gasteiger partial charge in [-0.15, -0.1) is 0 Å². The van der Waals surface area contributed by atoms with Gasteiger partial charge < -0.3 is 0 Å². The predicted molar refractivity (Wildman–Crippen MR) is 135 cm³/mol. The summed E-state index contributed by atoms with van der Waals surface area (Å²) in [5, 5.41) is 19.3. The average molecular weight is 526 g/mol. The monoisotopic (exact) mass is 526 g/mol. The molecule has 40 heavy (non-hydrogen) atoms. The Hall–Kier alpha value is -6.46. The second-order valence-corrected chi connectivity index (χ2v) is 8.34. The summed E-state index contributed by atoms with van der Waals surface area (Å²) in [7, 11) is 0. The molecule has 0 saturated heterocycles. The van der Waals surface area contributed by atoms with Crippen molar-refractivity contribution in [2.24, 2.45) is 0 Å². The van der Waals surface area contributed by atoms with Gasteiger partial charge in [0.2, 0.25) is 5.70 Å². The molecule has 184 valence electrons. The number of nitriles is 2. The number of halogens is 4. The van der Waals surface area contributed by atoms with Crippen LogP contribution in [0, 0.1) is 72.2 Å². The van der Waals surface area contributed by atoms with Crippen molar-refractivity contribution >= 4 is 28.1 Å². The minimum Gasteiger partial charge on any atom is -0.238 e. The highest BCUT2D eigenvalue weighted by Crippen LogP contribution is 2.54. The second-order valence-electron chi connectivity index (χ2n) is 8.34. The maximum absolute atomic E-state index is 15.1. The van der Waals surface area contributed by atoms with Crippen LogP contribution in [0.3, 0.4) is 0 Å². The smallest absolute Gasteiger partial charge is 0.238 e. The Bertz CT molecular complexity index is 2080. The second kappa shape index (κ2) is 9.13. The zero-order valence-electron chi connectivity index (χ0n) is 19.7. The van der Waals surface area contributed by atoms with Crippen LogP contribution < -0.4 is 0 Å². The van der Waals surface area contributed by atoms with E-state index >= 15 is 8.78 Å². The molecule has 0 atom stereocenters. The van der Waals surface area contributed by atoms with Crippen LogP contribution in [0.25, 0.3) is 52.9 Å². The van der Waals surface area contributed by atoms with Crippen molar-refractivity contribution < 1.29 is 17.6 Å². The fourth-order valence-corrected chi connectivity index (χ4v) is 4.95. The van der Waals surface area contributed by atoms with Crippen molar-refractivity contribution in [3.8, 4) is 23.3 Å². The molecule has 10 heteroatoms. The van der Waals surface area contributed by atoms with Crippen LogP contribution in [0.1, 0.15) is 27.8 Å². The van der Waals surface area contributed by atoms with E-state index in [2.05, 4.69) is 19.4 Å². The standard InChI is InChI=1S/C30H6F4N6/c1-37-14-6-8-16-15-7-5-13(9-17(15)22(18(16)10-14)19(11-35)38-2)21-23(20(12-36)39-3)24-25(30(21)40-4)27(32)29(34)28(33)26(24)31/h5-10H/b22-19-,23-20+. The molecule has 0 bridgehead atoms. The fourth-order valence-electron chi connectivity index (χ4n) is 4.95. The van der Waals surface area contributed by atoms with Crippen molar-refractivity contribution in [3.05, 3.63) is 145 Å². The van der Waals surface area contributed by atoms with E-state index in [9.17, 15) is 19.3 Å². The normalized spacial score (nSPS) is 14.8. The Labute approximate surface area is 224 Å². The molecule has 0 aromatic heterocycles. The molecule has 0 unspecified atom stereocenters. The van der Waals surface area contributed by atoms with E-state index in [1.165, 1.54) is 18.2 Å². The molecule has 3 aromatic carbocycles. The summed E-state index contributed by atoms with van der Waals surface area (Å²) in [5.74, 6) is -8.03. The van der Waals surface area contributed by atoms with Crippen molar-refractivity contribution in [1.29, 1.82) is 10.5 Å². The molecular weight excluding hydrogens is 520 g/mol. The number of benzene rings is 3. The van der Waals surface area contributed by atoms with Crippen LogP contribution in [0.4, 0.5) is 23.2 Å². The van der Waals surface area contributed by atoms with Crippen LogP contribution in [0.5, 0.6) is 0 Å². The van der Waals surface area contributed by atoms with Gasteiger partial charge in [-0.3, -0.25) is 0 Å². The van der Waals surface area contributed by atoms with E-state index in [4.69, 9.17) is 26.3 Å². The van der Waals surface area contributed by atoms with Gasteiger partial charge in [0.15, 0.2) is 29.0 Å². The van der Waals surface area contributed by atoms with Gasteiger partial charge in [-0.2, -0.15) is 0 Å². The molecule has 0 saturated carbocycles. The lowest BCUT2D eigenvalue weighted by molar-refractivity contribution is 0.407. The van der Waals surface area contributed by atoms with Crippen molar-refractivity contribution in [2.75, 3.05) is 0 Å². The van der Waals surface area contributed by atoms with Gasteiger partial charge in [0.05, 0.1) is 38.4 Å². The highest BCUT2D eigenvalue weighted by atomic mass is 19.2. The number of fused-ring (bicyclic) bond motifs is 4. The molecule has 0 heterocycles. The first-order chi connectivity index (χ1) is 19.3. The summed E-state index contributed by atoms with van der Waals surface area (Å²) in [6.07, 6.45) is 0. The van der Waals surface area contributed by atoms with E-state index in [0.717, 1.165) is 0 Å². The number of hydrogen-bond acceptors (Lipinski definition) is 2. The molecule has 0 aliphatic heterocycles. The summed E-state index contributed by atoms with van der Waals surface area (Å²) in [6.45, 7) is 29.9. The van der Waals surface area contributed by atoms with Gasteiger partial charge >= 0.3 is 0 Å². The van der Waals surface area contributed by atoms with E-state index in [0.29, 0.717) is 22.3 Å². The van der Waals surface area contributed by atoms with Gasteiger partial charge in [0.1, 0.15) is 0 Å². The first-order valence-electron chi connectivity index (χ1n) is 11.0. The van der Waals surface area contributed by atoms with Crippen molar-refractivity contribution in [3.63, 3.8) is 0 Å². The molecule has 2 aliphatic carbocycles. The van der Waals surface area contributed by atoms with Crippen molar-refractivity contribution in [1.82, 2.24) is 0 Å². The maximum Gasteiger partial charge on any atom is 0.270 e. The summed E-state index contributed by atoms with van der Waals surface area (Å²) in [5.41, 5.74) is -2.24. The first kappa shape index (κ1) is 25.2. The SMILES string of the molecule is [C-]#[N+]C1=C(c2ccc3c(c2)/C(=C(\C#N)[N+]#[C-])c2cc([N+]#[C-])ccc2-3)/C(=C(/C#N)[N+]#[C-])c2c(F)c(F)c(F)c(F)c21. The molecule has 3 aromatic rings. The van der Waals surface area contributed by atoms with Crippen LogP contribution in [-0.2, 0) is 0 Å². The van der Waals surface area contributed by atoms with E-state index in [-0.39, 0.29) is 28.1 Å². The average Bonchev–Trinajstić information content (AvgIpc) is 3.49. The minimum absolute atomic E-state index is 0.0324. The van der Waals surface area contributed by atoms with Gasteiger partial charge in [0, 0.05) is 16.7 Å². The zero-order valence-corrected chi connectivity index (χ0v) is 19.7. The van der Waals surface area contributed by atoms with E-state index < -0.39 is 51.4 Å². The maximum atomic E-state index is 15.1. The van der Waals surface area contributed by atoms with E-state index in [1.807, 2.05) is 6.07 Å².